The minimum atomic E-state index is -0.579. The van der Waals surface area contributed by atoms with Crippen molar-refractivity contribution >= 4 is 34.1 Å². The highest BCUT2D eigenvalue weighted by Crippen LogP contribution is 2.29. The number of hydrogen-bond acceptors (Lipinski definition) is 5. The normalized spacial score (nSPS) is 10.7. The molecule has 1 heterocycles. The highest BCUT2D eigenvalue weighted by molar-refractivity contribution is 8.00. The third kappa shape index (κ3) is 4.74. The number of hydrogen-bond donors (Lipinski definition) is 1. The predicted molar refractivity (Wildman–Crippen MR) is 84.0 cm³/mol. The Morgan fingerprint density at radius 1 is 1.32 bits per heavy atom. The fourth-order valence-electron chi connectivity index (χ4n) is 1.64. The van der Waals surface area contributed by atoms with Crippen LogP contribution in [-0.2, 0) is 10.5 Å². The lowest BCUT2D eigenvalue weighted by atomic mass is 10.2. The van der Waals surface area contributed by atoms with Crippen LogP contribution in [0.15, 0.2) is 22.5 Å². The van der Waals surface area contributed by atoms with Crippen LogP contribution in [0.1, 0.15) is 31.7 Å². The number of halogens is 2. The van der Waals surface area contributed by atoms with Crippen molar-refractivity contribution in [2.75, 3.05) is 5.32 Å². The molecule has 1 N–H and O–H groups in total. The van der Waals surface area contributed by atoms with Crippen molar-refractivity contribution in [2.45, 2.75) is 36.3 Å². The van der Waals surface area contributed by atoms with Gasteiger partial charge in [0.15, 0.2) is 4.34 Å². The largest absolute Gasteiger partial charge is 0.301 e. The maximum atomic E-state index is 13.5. The van der Waals surface area contributed by atoms with Gasteiger partial charge in [0.2, 0.25) is 11.0 Å². The molecule has 0 aliphatic rings. The molecule has 0 atom stereocenters. The van der Waals surface area contributed by atoms with Crippen molar-refractivity contribution in [1.82, 2.24) is 10.2 Å². The number of unbranched alkanes of at least 4 members (excludes halogenated alkanes) is 1. The molecule has 0 saturated carbocycles. The number of anilines is 1. The Labute approximate surface area is 135 Å². The average Bonchev–Trinajstić information content (AvgIpc) is 2.92. The Balaban J connectivity index is 1.91. The van der Waals surface area contributed by atoms with E-state index in [-0.39, 0.29) is 17.2 Å². The van der Waals surface area contributed by atoms with Gasteiger partial charge in [-0.1, -0.05) is 42.5 Å². The number of carbonyl (C=O) groups is 1. The molecule has 0 saturated heterocycles. The second-order valence-electron chi connectivity index (χ2n) is 4.51. The van der Waals surface area contributed by atoms with Crippen molar-refractivity contribution in [2.24, 2.45) is 0 Å². The first-order chi connectivity index (χ1) is 10.6. The Kier molecular flexibility index (Phi) is 6.26. The molecule has 0 unspecified atom stereocenters. The van der Waals surface area contributed by atoms with E-state index in [0.717, 1.165) is 12.8 Å². The molecule has 8 heteroatoms. The number of nitrogens with one attached hydrogen (secondary N) is 1. The molecule has 22 heavy (non-hydrogen) atoms. The first-order valence-electron chi connectivity index (χ1n) is 6.79. The Hall–Kier alpha value is -1.54. The molecule has 0 aliphatic carbocycles. The number of benzene rings is 1. The highest BCUT2D eigenvalue weighted by Gasteiger charge is 2.12. The van der Waals surface area contributed by atoms with Crippen LogP contribution in [0.3, 0.4) is 0 Å². The number of aromatic nitrogens is 2. The summed E-state index contributed by atoms with van der Waals surface area (Å²) in [5.74, 6) is -1.14. The third-order valence-corrected chi connectivity index (χ3v) is 4.81. The first-order valence-corrected chi connectivity index (χ1v) is 8.59. The molecular formula is C14H15F2N3OS2. The van der Waals surface area contributed by atoms with Crippen LogP contribution in [0, 0.1) is 11.6 Å². The highest BCUT2D eigenvalue weighted by atomic mass is 32.2. The summed E-state index contributed by atoms with van der Waals surface area (Å²) >= 11 is 2.37. The average molecular weight is 343 g/mol. The van der Waals surface area contributed by atoms with E-state index < -0.39 is 11.6 Å². The van der Waals surface area contributed by atoms with Gasteiger partial charge in [0.25, 0.3) is 0 Å². The summed E-state index contributed by atoms with van der Waals surface area (Å²) in [6.07, 6.45) is 2.21. The van der Waals surface area contributed by atoms with Gasteiger partial charge in [-0.2, -0.15) is 0 Å². The molecule has 0 radical (unpaired) electrons. The molecule has 0 bridgehead atoms. The standard InChI is InChI=1S/C14H15F2N3OS2/c1-2-3-7-12(20)17-13-18-19-14(22-13)21-8-9-10(15)5-4-6-11(9)16/h4-6H,2-3,7-8H2,1H3,(H,17,18,20). The number of amides is 1. The van der Waals surface area contributed by atoms with Crippen LogP contribution in [0.4, 0.5) is 13.9 Å². The topological polar surface area (TPSA) is 54.9 Å². The molecule has 1 aromatic carbocycles. The van der Waals surface area contributed by atoms with Crippen molar-refractivity contribution in [3.05, 3.63) is 35.4 Å². The Morgan fingerprint density at radius 3 is 2.73 bits per heavy atom. The van der Waals surface area contributed by atoms with E-state index in [1.165, 1.54) is 41.3 Å². The molecule has 2 rings (SSSR count). The van der Waals surface area contributed by atoms with Crippen LogP contribution in [-0.4, -0.2) is 16.1 Å². The van der Waals surface area contributed by atoms with Crippen LogP contribution in [0.2, 0.25) is 0 Å². The molecule has 0 spiro atoms. The summed E-state index contributed by atoms with van der Waals surface area (Å²) in [6.45, 7) is 2.01. The van der Waals surface area contributed by atoms with E-state index in [9.17, 15) is 13.6 Å². The summed E-state index contributed by atoms with van der Waals surface area (Å²) in [4.78, 5) is 11.6. The maximum Gasteiger partial charge on any atom is 0.226 e. The zero-order valence-electron chi connectivity index (χ0n) is 11.9. The van der Waals surface area contributed by atoms with Gasteiger partial charge in [-0.15, -0.1) is 10.2 Å². The van der Waals surface area contributed by atoms with E-state index in [2.05, 4.69) is 15.5 Å². The van der Waals surface area contributed by atoms with Gasteiger partial charge >= 0.3 is 0 Å². The van der Waals surface area contributed by atoms with Crippen LogP contribution < -0.4 is 5.32 Å². The van der Waals surface area contributed by atoms with Crippen LogP contribution >= 0.6 is 23.1 Å². The second-order valence-corrected chi connectivity index (χ2v) is 6.71. The molecular weight excluding hydrogens is 328 g/mol. The van der Waals surface area contributed by atoms with Gasteiger partial charge < -0.3 is 5.32 Å². The van der Waals surface area contributed by atoms with Crippen LogP contribution in [0.5, 0.6) is 0 Å². The third-order valence-electron chi connectivity index (χ3n) is 2.81. The lowest BCUT2D eigenvalue weighted by molar-refractivity contribution is -0.116. The van der Waals surface area contributed by atoms with E-state index in [1.54, 1.807) is 0 Å². The number of rotatable bonds is 7. The smallest absolute Gasteiger partial charge is 0.226 e. The predicted octanol–water partition coefficient (Wildman–Crippen LogP) is 4.24. The summed E-state index contributed by atoms with van der Waals surface area (Å²) in [5, 5.41) is 10.8. The van der Waals surface area contributed by atoms with Crippen molar-refractivity contribution in [3.63, 3.8) is 0 Å². The van der Waals surface area contributed by atoms with E-state index in [1.807, 2.05) is 6.92 Å². The molecule has 0 fully saturated rings. The van der Waals surface area contributed by atoms with E-state index >= 15 is 0 Å². The summed E-state index contributed by atoms with van der Waals surface area (Å²) in [6, 6.07) is 3.77. The minimum Gasteiger partial charge on any atom is -0.301 e. The fraction of sp³-hybridized carbons (Fsp3) is 0.357. The van der Waals surface area contributed by atoms with Gasteiger partial charge in [-0.25, -0.2) is 8.78 Å². The summed E-state index contributed by atoms with van der Waals surface area (Å²) < 4.78 is 27.6. The van der Waals surface area contributed by atoms with Crippen molar-refractivity contribution < 1.29 is 13.6 Å². The molecule has 2 aromatic rings. The number of nitrogens with zero attached hydrogens (tertiary/aromatic N) is 2. The molecule has 118 valence electrons. The molecule has 1 aromatic heterocycles. The van der Waals surface area contributed by atoms with Gasteiger partial charge in [-0.3, -0.25) is 4.79 Å². The number of carbonyl (C=O) groups excluding carboxylic acids is 1. The minimum absolute atomic E-state index is 0.0104. The zero-order valence-corrected chi connectivity index (χ0v) is 13.6. The zero-order chi connectivity index (χ0) is 15.9. The van der Waals surface area contributed by atoms with Gasteiger partial charge in [0.1, 0.15) is 11.6 Å². The number of thioether (sulfide) groups is 1. The van der Waals surface area contributed by atoms with E-state index in [4.69, 9.17) is 0 Å². The molecule has 1 amide bonds. The van der Waals surface area contributed by atoms with Crippen molar-refractivity contribution in [1.29, 1.82) is 0 Å². The monoisotopic (exact) mass is 343 g/mol. The Morgan fingerprint density at radius 2 is 2.05 bits per heavy atom. The lowest BCUT2D eigenvalue weighted by Crippen LogP contribution is -2.10. The summed E-state index contributed by atoms with van der Waals surface area (Å²) in [5.41, 5.74) is 0.0104. The summed E-state index contributed by atoms with van der Waals surface area (Å²) in [7, 11) is 0. The van der Waals surface area contributed by atoms with Gasteiger partial charge in [-0.05, 0) is 18.6 Å². The SMILES string of the molecule is CCCCC(=O)Nc1nnc(SCc2c(F)cccc2F)s1. The van der Waals surface area contributed by atoms with Gasteiger partial charge in [0, 0.05) is 17.7 Å². The lowest BCUT2D eigenvalue weighted by Gasteiger charge is -2.02. The Bertz CT molecular complexity index is 629. The first kappa shape index (κ1) is 16.8. The van der Waals surface area contributed by atoms with E-state index in [0.29, 0.717) is 15.9 Å². The maximum absolute atomic E-state index is 13.5. The van der Waals surface area contributed by atoms with Crippen molar-refractivity contribution in [3.8, 4) is 0 Å². The van der Waals surface area contributed by atoms with Crippen LogP contribution in [0.25, 0.3) is 0 Å². The molecule has 4 nitrogen and oxygen atoms in total. The fourth-order valence-corrected chi connectivity index (χ4v) is 3.43. The quantitative estimate of drug-likeness (QED) is 0.603. The van der Waals surface area contributed by atoms with Gasteiger partial charge in [0.05, 0.1) is 0 Å². The molecule has 0 aliphatic heterocycles. The second kappa shape index (κ2) is 8.19.